The van der Waals surface area contributed by atoms with E-state index in [2.05, 4.69) is 0 Å². The minimum absolute atomic E-state index is 0.521. The van der Waals surface area contributed by atoms with Crippen molar-refractivity contribution in [2.24, 2.45) is 0 Å². The molecule has 96 valence electrons. The summed E-state index contributed by atoms with van der Waals surface area (Å²) in [6.07, 6.45) is -5.86. The molecule has 1 amide bonds. The van der Waals surface area contributed by atoms with Crippen LogP contribution in [-0.2, 0) is 4.79 Å². The third-order valence-corrected chi connectivity index (χ3v) is 1.97. The zero-order valence-corrected chi connectivity index (χ0v) is 9.40. The van der Waals surface area contributed by atoms with Crippen LogP contribution in [0.1, 0.15) is 27.7 Å². The van der Waals surface area contributed by atoms with Gasteiger partial charge in [0.1, 0.15) is 0 Å². The largest absolute Gasteiger partial charge is 0.463 e. The Morgan fingerprint density at radius 1 is 0.938 bits per heavy atom. The maximum Gasteiger partial charge on any atom is 0.463 e. The van der Waals surface area contributed by atoms with E-state index in [0.29, 0.717) is 4.90 Å². The van der Waals surface area contributed by atoms with Gasteiger partial charge in [-0.2, -0.15) is 22.0 Å². The average molecular weight is 247 g/mol. The molecule has 0 rings (SSSR count). The molecule has 16 heavy (non-hydrogen) atoms. The first-order valence-electron chi connectivity index (χ1n) is 4.70. The Balaban J connectivity index is 5.17. The summed E-state index contributed by atoms with van der Waals surface area (Å²) in [5, 5.41) is 0. The van der Waals surface area contributed by atoms with Gasteiger partial charge in [-0.15, -0.1) is 0 Å². The molecule has 7 heteroatoms. The number of rotatable bonds is 3. The van der Waals surface area contributed by atoms with Gasteiger partial charge in [0.2, 0.25) is 0 Å². The summed E-state index contributed by atoms with van der Waals surface area (Å²) in [5.41, 5.74) is 0. The van der Waals surface area contributed by atoms with E-state index < -0.39 is 30.1 Å². The molecule has 0 N–H and O–H groups in total. The second kappa shape index (κ2) is 4.55. The summed E-state index contributed by atoms with van der Waals surface area (Å²) < 4.78 is 61.5. The lowest BCUT2D eigenvalue weighted by atomic mass is 10.1. The highest BCUT2D eigenvalue weighted by molar-refractivity contribution is 5.84. The predicted octanol–water partition coefficient (Wildman–Crippen LogP) is 2.83. The molecule has 0 fully saturated rings. The average Bonchev–Trinajstić information content (AvgIpc) is 1.99. The van der Waals surface area contributed by atoms with E-state index >= 15 is 0 Å². The van der Waals surface area contributed by atoms with Crippen molar-refractivity contribution in [1.29, 1.82) is 0 Å². The molecule has 0 bridgehead atoms. The molecule has 0 radical (unpaired) electrons. The summed E-state index contributed by atoms with van der Waals surface area (Å²) in [6, 6.07) is -1.44. The van der Waals surface area contributed by atoms with Gasteiger partial charge in [-0.3, -0.25) is 4.79 Å². The first-order valence-corrected chi connectivity index (χ1v) is 4.70. The third-order valence-electron chi connectivity index (χ3n) is 1.97. The van der Waals surface area contributed by atoms with E-state index in [0.717, 1.165) is 0 Å². The van der Waals surface area contributed by atoms with Gasteiger partial charge < -0.3 is 4.90 Å². The summed E-state index contributed by atoms with van der Waals surface area (Å²) in [4.78, 5) is 11.7. The van der Waals surface area contributed by atoms with Crippen LogP contribution in [0.2, 0.25) is 0 Å². The fourth-order valence-corrected chi connectivity index (χ4v) is 1.35. The lowest BCUT2D eigenvalue weighted by molar-refractivity contribution is -0.275. The van der Waals surface area contributed by atoms with Gasteiger partial charge in [-0.05, 0) is 27.7 Å². The van der Waals surface area contributed by atoms with Crippen molar-refractivity contribution >= 4 is 5.91 Å². The smallest absolute Gasteiger partial charge is 0.332 e. The second-order valence-electron chi connectivity index (χ2n) is 3.97. The SMILES string of the molecule is CC(C)N(C(=O)C(F)(F)C(F)(F)F)C(C)C. The monoisotopic (exact) mass is 247 g/mol. The first kappa shape index (κ1) is 15.1. The van der Waals surface area contributed by atoms with Crippen LogP contribution < -0.4 is 0 Å². The quantitative estimate of drug-likeness (QED) is 0.702. The molecule has 2 nitrogen and oxygen atoms in total. The van der Waals surface area contributed by atoms with Crippen LogP contribution in [0, 0.1) is 0 Å². The molecule has 0 unspecified atom stereocenters. The fourth-order valence-electron chi connectivity index (χ4n) is 1.35. The normalized spacial score (nSPS) is 13.4. The van der Waals surface area contributed by atoms with Crippen LogP contribution in [0.5, 0.6) is 0 Å². The van der Waals surface area contributed by atoms with Gasteiger partial charge in [0.15, 0.2) is 0 Å². The number of hydrogen-bond donors (Lipinski definition) is 0. The molecule has 0 aliphatic carbocycles. The lowest BCUT2D eigenvalue weighted by Gasteiger charge is -2.34. The summed E-state index contributed by atoms with van der Waals surface area (Å²) in [6.45, 7) is 5.52. The predicted molar refractivity (Wildman–Crippen MR) is 48.1 cm³/mol. The molecule has 0 saturated carbocycles. The molecule has 0 saturated heterocycles. The van der Waals surface area contributed by atoms with E-state index in [9.17, 15) is 26.7 Å². The Kier molecular flexibility index (Phi) is 4.30. The van der Waals surface area contributed by atoms with Crippen LogP contribution in [0.25, 0.3) is 0 Å². The highest BCUT2D eigenvalue weighted by Gasteiger charge is 2.65. The van der Waals surface area contributed by atoms with Crippen molar-refractivity contribution in [3.05, 3.63) is 0 Å². The van der Waals surface area contributed by atoms with E-state index in [1.807, 2.05) is 0 Å². The zero-order valence-electron chi connectivity index (χ0n) is 9.40. The number of carbonyl (C=O) groups is 1. The first-order chi connectivity index (χ1) is 6.93. The van der Waals surface area contributed by atoms with Crippen molar-refractivity contribution in [3.8, 4) is 0 Å². The van der Waals surface area contributed by atoms with Crippen molar-refractivity contribution in [3.63, 3.8) is 0 Å². The van der Waals surface area contributed by atoms with E-state index in [4.69, 9.17) is 0 Å². The van der Waals surface area contributed by atoms with Gasteiger partial charge in [0.05, 0.1) is 0 Å². The van der Waals surface area contributed by atoms with E-state index in [1.54, 1.807) is 0 Å². The van der Waals surface area contributed by atoms with Gasteiger partial charge in [-0.1, -0.05) is 0 Å². The number of carbonyl (C=O) groups excluding carboxylic acids is 1. The van der Waals surface area contributed by atoms with Gasteiger partial charge in [-0.25, -0.2) is 0 Å². The molecule has 0 aromatic heterocycles. The Morgan fingerprint density at radius 2 is 1.25 bits per heavy atom. The van der Waals surface area contributed by atoms with Crippen LogP contribution in [0.3, 0.4) is 0 Å². The lowest BCUT2D eigenvalue weighted by Crippen LogP contribution is -2.56. The summed E-state index contributed by atoms with van der Waals surface area (Å²) >= 11 is 0. The molecule has 0 aliphatic heterocycles. The summed E-state index contributed by atoms with van der Waals surface area (Å²) in [7, 11) is 0. The molecule has 0 heterocycles. The molecule has 0 aromatic rings. The van der Waals surface area contributed by atoms with Gasteiger partial charge >= 0.3 is 18.0 Å². The minimum Gasteiger partial charge on any atom is -0.332 e. The number of nitrogens with zero attached hydrogens (tertiary/aromatic N) is 1. The van der Waals surface area contributed by atoms with Crippen LogP contribution >= 0.6 is 0 Å². The minimum atomic E-state index is -5.86. The Hall–Kier alpha value is -0.880. The highest BCUT2D eigenvalue weighted by Crippen LogP contribution is 2.37. The Morgan fingerprint density at radius 3 is 1.44 bits per heavy atom. The standard InChI is InChI=1S/C9H14F5NO/c1-5(2)15(6(3)4)7(16)8(10,11)9(12,13)14/h5-6H,1-4H3. The van der Waals surface area contributed by atoms with E-state index in [1.165, 1.54) is 27.7 Å². The topological polar surface area (TPSA) is 20.3 Å². The zero-order chi connectivity index (χ0) is 13.3. The molecular formula is C9H14F5NO. The van der Waals surface area contributed by atoms with Gasteiger partial charge in [0, 0.05) is 12.1 Å². The van der Waals surface area contributed by atoms with Crippen LogP contribution in [-0.4, -0.2) is 35.0 Å². The molecule has 0 aromatic carbocycles. The van der Waals surface area contributed by atoms with Crippen molar-refractivity contribution in [2.75, 3.05) is 0 Å². The van der Waals surface area contributed by atoms with Gasteiger partial charge in [0.25, 0.3) is 0 Å². The number of halogens is 5. The fraction of sp³-hybridized carbons (Fsp3) is 0.889. The van der Waals surface area contributed by atoms with E-state index in [-0.39, 0.29) is 0 Å². The number of hydrogen-bond acceptors (Lipinski definition) is 1. The molecule has 0 spiro atoms. The summed E-state index contributed by atoms with van der Waals surface area (Å²) in [5.74, 6) is -7.54. The Labute approximate surface area is 90.4 Å². The highest BCUT2D eigenvalue weighted by atomic mass is 19.4. The number of alkyl halides is 5. The maximum absolute atomic E-state index is 12.8. The maximum atomic E-state index is 12.8. The van der Waals surface area contributed by atoms with Crippen LogP contribution in [0.4, 0.5) is 22.0 Å². The Bertz CT molecular complexity index is 251. The number of amides is 1. The van der Waals surface area contributed by atoms with Crippen LogP contribution in [0.15, 0.2) is 0 Å². The van der Waals surface area contributed by atoms with Crippen molar-refractivity contribution < 1.29 is 26.7 Å². The van der Waals surface area contributed by atoms with Crippen molar-refractivity contribution in [2.45, 2.75) is 51.9 Å². The molecule has 0 atom stereocenters. The second-order valence-corrected chi connectivity index (χ2v) is 3.97. The molecule has 0 aliphatic rings. The third kappa shape index (κ3) is 2.82. The molecular weight excluding hydrogens is 233 g/mol. The van der Waals surface area contributed by atoms with Crippen molar-refractivity contribution in [1.82, 2.24) is 4.90 Å².